The van der Waals surface area contributed by atoms with Crippen LogP contribution in [0.5, 0.6) is 0 Å². The average Bonchev–Trinajstić information content (AvgIpc) is 2.43. The van der Waals surface area contributed by atoms with Gasteiger partial charge in [0.2, 0.25) is 0 Å². The molecule has 0 aromatic heterocycles. The maximum Gasteiger partial charge on any atom is 0.127 e. The van der Waals surface area contributed by atoms with Crippen LogP contribution < -0.4 is 5.73 Å². The molecule has 1 atom stereocenters. The van der Waals surface area contributed by atoms with Gasteiger partial charge in [-0.25, -0.2) is 4.39 Å². The van der Waals surface area contributed by atoms with Gasteiger partial charge in [-0.1, -0.05) is 59.3 Å². The van der Waals surface area contributed by atoms with E-state index >= 15 is 0 Å². The summed E-state index contributed by atoms with van der Waals surface area (Å²) in [4.78, 5) is 0. The molecule has 20 heavy (non-hydrogen) atoms. The molecule has 1 unspecified atom stereocenters. The highest BCUT2D eigenvalue weighted by Gasteiger charge is 2.25. The average molecular weight is 336 g/mol. The zero-order valence-corrected chi connectivity index (χ0v) is 13.2. The van der Waals surface area contributed by atoms with Crippen LogP contribution in [0.15, 0.2) is 53.0 Å². The quantitative estimate of drug-likeness (QED) is 0.856. The van der Waals surface area contributed by atoms with Crippen LogP contribution in [0.3, 0.4) is 0 Å². The highest BCUT2D eigenvalue weighted by Crippen LogP contribution is 2.23. The summed E-state index contributed by atoms with van der Waals surface area (Å²) >= 11 is 3.28. The Hall–Kier alpha value is -1.19. The van der Waals surface area contributed by atoms with Crippen molar-refractivity contribution in [3.63, 3.8) is 0 Å². The first-order chi connectivity index (χ1) is 9.52. The Morgan fingerprint density at radius 2 is 1.80 bits per heavy atom. The lowest BCUT2D eigenvalue weighted by molar-refractivity contribution is 0.397. The van der Waals surface area contributed by atoms with Crippen molar-refractivity contribution in [1.82, 2.24) is 0 Å². The Morgan fingerprint density at radius 1 is 1.10 bits per heavy atom. The van der Waals surface area contributed by atoms with E-state index in [9.17, 15) is 4.39 Å². The summed E-state index contributed by atoms with van der Waals surface area (Å²) in [7, 11) is 0. The molecule has 0 saturated heterocycles. The maximum atomic E-state index is 14.0. The number of nitrogens with two attached hydrogens (primary N) is 1. The van der Waals surface area contributed by atoms with Crippen LogP contribution in [0.2, 0.25) is 0 Å². The van der Waals surface area contributed by atoms with Gasteiger partial charge in [-0.15, -0.1) is 0 Å². The predicted molar refractivity (Wildman–Crippen MR) is 85.2 cm³/mol. The number of hydrogen-bond donors (Lipinski definition) is 1. The monoisotopic (exact) mass is 335 g/mol. The highest BCUT2D eigenvalue weighted by atomic mass is 79.9. The molecule has 3 heteroatoms. The molecule has 0 bridgehead atoms. The van der Waals surface area contributed by atoms with Crippen molar-refractivity contribution in [3.05, 3.63) is 69.9 Å². The molecule has 106 valence electrons. The Kier molecular flexibility index (Phi) is 4.95. The summed E-state index contributed by atoms with van der Waals surface area (Å²) in [5.74, 6) is -0.198. The number of rotatable bonds is 5. The number of benzene rings is 2. The fraction of sp³-hybridized carbons (Fsp3) is 0.294. The van der Waals surface area contributed by atoms with Crippen LogP contribution in [0.25, 0.3) is 0 Å². The van der Waals surface area contributed by atoms with Crippen LogP contribution in [0, 0.1) is 5.82 Å². The zero-order chi connectivity index (χ0) is 14.6. The standard InChI is InChI=1S/C17H19BrFN/c1-2-17(20,11-13-6-4-3-5-7-13)12-14-8-9-15(18)10-16(14)19/h3-10H,2,11-12,20H2,1H3. The predicted octanol–water partition coefficient (Wildman–Crippen LogP) is 4.48. The van der Waals surface area contributed by atoms with Crippen molar-refractivity contribution in [3.8, 4) is 0 Å². The topological polar surface area (TPSA) is 26.0 Å². The molecule has 2 rings (SSSR count). The number of hydrogen-bond acceptors (Lipinski definition) is 1. The molecule has 2 N–H and O–H groups in total. The van der Waals surface area contributed by atoms with Crippen molar-refractivity contribution in [2.75, 3.05) is 0 Å². The smallest absolute Gasteiger partial charge is 0.127 e. The van der Waals surface area contributed by atoms with E-state index in [0.717, 1.165) is 17.3 Å². The summed E-state index contributed by atoms with van der Waals surface area (Å²) in [6, 6.07) is 15.3. The normalized spacial score (nSPS) is 14.0. The molecule has 0 aliphatic heterocycles. The molecule has 0 fully saturated rings. The van der Waals surface area contributed by atoms with E-state index in [4.69, 9.17) is 5.73 Å². The first-order valence-corrected chi connectivity index (χ1v) is 7.58. The SMILES string of the molecule is CCC(N)(Cc1ccccc1)Cc1ccc(Br)cc1F. The Morgan fingerprint density at radius 3 is 2.40 bits per heavy atom. The van der Waals surface area contributed by atoms with E-state index in [2.05, 4.69) is 35.0 Å². The molecule has 0 aliphatic carbocycles. The summed E-state index contributed by atoms with van der Waals surface area (Å²) < 4.78 is 14.7. The third-order valence-corrected chi connectivity index (χ3v) is 4.15. The molecular weight excluding hydrogens is 317 g/mol. The van der Waals surface area contributed by atoms with E-state index in [1.807, 2.05) is 30.3 Å². The lowest BCUT2D eigenvalue weighted by atomic mass is 9.83. The zero-order valence-electron chi connectivity index (χ0n) is 11.6. The van der Waals surface area contributed by atoms with E-state index in [1.165, 1.54) is 11.6 Å². The van der Waals surface area contributed by atoms with Gasteiger partial charge < -0.3 is 5.73 Å². The Labute approximate surface area is 128 Å². The fourth-order valence-corrected chi connectivity index (χ4v) is 2.69. The third kappa shape index (κ3) is 3.90. The van der Waals surface area contributed by atoms with E-state index in [0.29, 0.717) is 12.0 Å². The van der Waals surface area contributed by atoms with Gasteiger partial charge in [-0.05, 0) is 42.5 Å². The van der Waals surface area contributed by atoms with E-state index < -0.39 is 5.54 Å². The molecule has 0 saturated carbocycles. The Balaban J connectivity index is 2.18. The highest BCUT2D eigenvalue weighted by molar-refractivity contribution is 9.10. The van der Waals surface area contributed by atoms with Crippen molar-refractivity contribution in [1.29, 1.82) is 0 Å². The molecule has 0 heterocycles. The van der Waals surface area contributed by atoms with Gasteiger partial charge in [0.1, 0.15) is 5.82 Å². The second-order valence-corrected chi connectivity index (χ2v) is 6.21. The summed E-state index contributed by atoms with van der Waals surface area (Å²) in [5, 5.41) is 0. The van der Waals surface area contributed by atoms with E-state index in [-0.39, 0.29) is 5.82 Å². The summed E-state index contributed by atoms with van der Waals surface area (Å²) in [5.41, 5.74) is 7.93. The van der Waals surface area contributed by atoms with Crippen LogP contribution in [0.4, 0.5) is 4.39 Å². The van der Waals surface area contributed by atoms with Gasteiger partial charge in [0, 0.05) is 10.0 Å². The van der Waals surface area contributed by atoms with Crippen LogP contribution in [-0.2, 0) is 12.8 Å². The second-order valence-electron chi connectivity index (χ2n) is 5.29. The van der Waals surface area contributed by atoms with Gasteiger partial charge >= 0.3 is 0 Å². The third-order valence-electron chi connectivity index (χ3n) is 3.66. The van der Waals surface area contributed by atoms with Crippen LogP contribution in [-0.4, -0.2) is 5.54 Å². The van der Waals surface area contributed by atoms with Gasteiger partial charge in [0.15, 0.2) is 0 Å². The molecule has 1 nitrogen and oxygen atoms in total. The molecule has 0 spiro atoms. The van der Waals surface area contributed by atoms with Crippen molar-refractivity contribution < 1.29 is 4.39 Å². The van der Waals surface area contributed by atoms with Crippen molar-refractivity contribution >= 4 is 15.9 Å². The second kappa shape index (κ2) is 6.51. The first kappa shape index (κ1) is 15.2. The summed E-state index contributed by atoms with van der Waals surface area (Å²) in [6.45, 7) is 2.06. The molecule has 0 radical (unpaired) electrons. The van der Waals surface area contributed by atoms with Crippen LogP contribution >= 0.6 is 15.9 Å². The molecule has 0 amide bonds. The first-order valence-electron chi connectivity index (χ1n) is 6.79. The van der Waals surface area contributed by atoms with Crippen molar-refractivity contribution in [2.24, 2.45) is 5.73 Å². The number of halogens is 2. The lowest BCUT2D eigenvalue weighted by Crippen LogP contribution is -2.43. The van der Waals surface area contributed by atoms with Gasteiger partial charge in [0.25, 0.3) is 0 Å². The minimum atomic E-state index is -0.421. The van der Waals surface area contributed by atoms with Gasteiger partial charge in [-0.3, -0.25) is 0 Å². The fourth-order valence-electron chi connectivity index (χ4n) is 2.36. The van der Waals surface area contributed by atoms with Crippen LogP contribution in [0.1, 0.15) is 24.5 Å². The lowest BCUT2D eigenvalue weighted by Gasteiger charge is -2.29. The Bertz CT molecular complexity index is 570. The summed E-state index contributed by atoms with van der Waals surface area (Å²) in [6.07, 6.45) is 2.09. The molecule has 2 aromatic rings. The molecule has 0 aliphatic rings. The minimum absolute atomic E-state index is 0.198. The van der Waals surface area contributed by atoms with Gasteiger partial charge in [-0.2, -0.15) is 0 Å². The van der Waals surface area contributed by atoms with Gasteiger partial charge in [0.05, 0.1) is 0 Å². The van der Waals surface area contributed by atoms with E-state index in [1.54, 1.807) is 0 Å². The molecule has 2 aromatic carbocycles. The van der Waals surface area contributed by atoms with Crippen molar-refractivity contribution in [2.45, 2.75) is 31.7 Å². The minimum Gasteiger partial charge on any atom is -0.325 e. The molecular formula is C17H19BrFN. The maximum absolute atomic E-state index is 14.0. The largest absolute Gasteiger partial charge is 0.325 e.